The van der Waals surface area contributed by atoms with Crippen LogP contribution < -0.4 is 32.7 Å². The smallest absolute Gasteiger partial charge is 0.00914 e. The summed E-state index contributed by atoms with van der Waals surface area (Å²) in [5.41, 5.74) is 22.1. The number of nitrogens with two attached hydrogens (primary N) is 2. The molecule has 3 rings (SSSR count). The Hall–Kier alpha value is -2.58. The Balaban J connectivity index is 1.50. The minimum absolute atomic E-state index is 0.0422. The molecule has 0 saturated carbocycles. The molecule has 0 aliphatic carbocycles. The van der Waals surface area contributed by atoms with E-state index in [0.29, 0.717) is 0 Å². The Kier molecular flexibility index (Phi) is 20.2. The Bertz CT molecular complexity index is 1270. The van der Waals surface area contributed by atoms with Gasteiger partial charge in [0, 0.05) is 12.1 Å². The lowest BCUT2D eigenvalue weighted by Crippen LogP contribution is -2.30. The lowest BCUT2D eigenvalue weighted by atomic mass is 9.83. The predicted octanol–water partition coefficient (Wildman–Crippen LogP) is 8.07. The van der Waals surface area contributed by atoms with E-state index in [2.05, 4.69) is 136 Å². The predicted molar refractivity (Wildman–Crippen MR) is 228 cm³/mol. The Morgan fingerprint density at radius 2 is 0.904 bits per heavy atom. The van der Waals surface area contributed by atoms with E-state index in [-0.39, 0.29) is 17.5 Å². The van der Waals surface area contributed by atoms with E-state index in [1.165, 1.54) is 51.8 Å². The van der Waals surface area contributed by atoms with Crippen molar-refractivity contribution in [3.63, 3.8) is 0 Å². The van der Waals surface area contributed by atoms with Crippen LogP contribution in [0, 0.1) is 11.8 Å². The fourth-order valence-electron chi connectivity index (χ4n) is 6.36. The molecule has 0 fully saturated rings. The zero-order valence-corrected chi connectivity index (χ0v) is 34.1. The molecule has 52 heavy (non-hydrogen) atoms. The SMILES string of the molecule is CCC(C)CNCCCNCCC(N)Cc1ccc(-c2cc(-c3ccc(CC(N)CCNCCCNCC(C)CC)cc3)cc(C(C)(C)C)c2)cc1. The largest absolute Gasteiger partial charge is 0.327 e. The summed E-state index contributed by atoms with van der Waals surface area (Å²) < 4.78 is 0. The maximum atomic E-state index is 6.55. The molecule has 0 amide bonds. The van der Waals surface area contributed by atoms with Crippen molar-refractivity contribution in [1.82, 2.24) is 21.3 Å². The van der Waals surface area contributed by atoms with E-state index in [9.17, 15) is 0 Å². The van der Waals surface area contributed by atoms with Crippen LogP contribution in [0.1, 0.15) is 104 Å². The van der Waals surface area contributed by atoms with Crippen molar-refractivity contribution >= 4 is 0 Å². The second-order valence-electron chi connectivity index (χ2n) is 16.6. The standard InChI is InChI=1S/C46H76N6/c1-8-35(3)33-51-24-10-22-49-26-20-44(47)28-37-12-16-39(17-13-37)41-30-42(32-43(31-41)46(5,6)7)40-18-14-38(15-19-40)29-45(48)21-27-50-23-11-25-52-34-36(4)9-2/h12-19,30-32,35-36,44-45,49-52H,8-11,20-29,33-34,47-48H2,1-7H3. The zero-order chi connectivity index (χ0) is 37.8. The van der Waals surface area contributed by atoms with Crippen LogP contribution in [-0.4, -0.2) is 64.4 Å². The summed E-state index contributed by atoms with van der Waals surface area (Å²) >= 11 is 0. The first-order valence-corrected chi connectivity index (χ1v) is 20.7. The normalized spacial score (nSPS) is 14.3. The first kappa shape index (κ1) is 43.8. The van der Waals surface area contributed by atoms with E-state index in [1.54, 1.807) is 0 Å². The second kappa shape index (κ2) is 24.0. The molecule has 4 atom stereocenters. The highest BCUT2D eigenvalue weighted by molar-refractivity contribution is 5.75. The summed E-state index contributed by atoms with van der Waals surface area (Å²) in [4.78, 5) is 0. The van der Waals surface area contributed by atoms with Gasteiger partial charge >= 0.3 is 0 Å². The highest BCUT2D eigenvalue weighted by Crippen LogP contribution is 2.34. The molecule has 0 spiro atoms. The summed E-state index contributed by atoms with van der Waals surface area (Å²) in [6.07, 6.45) is 8.54. The Morgan fingerprint density at radius 1 is 0.519 bits per heavy atom. The van der Waals surface area contributed by atoms with E-state index in [0.717, 1.165) is 103 Å². The van der Waals surface area contributed by atoms with Crippen LogP contribution in [-0.2, 0) is 18.3 Å². The van der Waals surface area contributed by atoms with Crippen molar-refractivity contribution in [2.75, 3.05) is 52.4 Å². The quantitative estimate of drug-likeness (QED) is 0.0471. The summed E-state index contributed by atoms with van der Waals surface area (Å²) in [7, 11) is 0. The fourth-order valence-corrected chi connectivity index (χ4v) is 6.36. The van der Waals surface area contributed by atoms with Crippen LogP contribution in [0.2, 0.25) is 0 Å². The molecular weight excluding hydrogens is 637 g/mol. The number of hydrogen-bond acceptors (Lipinski definition) is 6. The van der Waals surface area contributed by atoms with Crippen LogP contribution in [0.25, 0.3) is 22.3 Å². The number of hydrogen-bond donors (Lipinski definition) is 6. The maximum absolute atomic E-state index is 6.55. The van der Waals surface area contributed by atoms with Gasteiger partial charge in [0.1, 0.15) is 0 Å². The van der Waals surface area contributed by atoms with Gasteiger partial charge in [-0.1, -0.05) is 122 Å². The van der Waals surface area contributed by atoms with Gasteiger partial charge in [0.2, 0.25) is 0 Å². The molecule has 0 saturated heterocycles. The molecule has 6 heteroatoms. The van der Waals surface area contributed by atoms with Gasteiger partial charge in [-0.25, -0.2) is 0 Å². The maximum Gasteiger partial charge on any atom is 0.00914 e. The topological polar surface area (TPSA) is 100 Å². The van der Waals surface area contributed by atoms with Crippen LogP contribution in [0.5, 0.6) is 0 Å². The zero-order valence-electron chi connectivity index (χ0n) is 34.1. The fraction of sp³-hybridized carbons (Fsp3) is 0.609. The van der Waals surface area contributed by atoms with Gasteiger partial charge in [-0.2, -0.15) is 0 Å². The molecule has 3 aromatic carbocycles. The highest BCUT2D eigenvalue weighted by Gasteiger charge is 2.17. The minimum atomic E-state index is 0.0422. The highest BCUT2D eigenvalue weighted by atomic mass is 14.9. The van der Waals surface area contributed by atoms with Crippen molar-refractivity contribution < 1.29 is 0 Å². The molecule has 0 aliphatic heterocycles. The molecule has 0 radical (unpaired) electrons. The molecule has 0 aliphatic rings. The second-order valence-corrected chi connectivity index (χ2v) is 16.6. The van der Waals surface area contributed by atoms with E-state index in [4.69, 9.17) is 11.5 Å². The average molecular weight is 713 g/mol. The molecule has 8 N–H and O–H groups in total. The first-order chi connectivity index (χ1) is 25.0. The van der Waals surface area contributed by atoms with Gasteiger partial charge in [0.25, 0.3) is 0 Å². The van der Waals surface area contributed by atoms with Gasteiger partial charge in [-0.05, 0) is 153 Å². The van der Waals surface area contributed by atoms with Crippen molar-refractivity contribution in [1.29, 1.82) is 0 Å². The molecule has 0 bridgehead atoms. The van der Waals surface area contributed by atoms with Gasteiger partial charge in [0.05, 0.1) is 0 Å². The van der Waals surface area contributed by atoms with Gasteiger partial charge < -0.3 is 32.7 Å². The van der Waals surface area contributed by atoms with Crippen LogP contribution in [0.15, 0.2) is 66.7 Å². The van der Waals surface area contributed by atoms with Crippen LogP contribution in [0.4, 0.5) is 0 Å². The summed E-state index contributed by atoms with van der Waals surface area (Å²) in [6, 6.07) is 25.5. The summed E-state index contributed by atoms with van der Waals surface area (Å²) in [5, 5.41) is 14.3. The first-order valence-electron chi connectivity index (χ1n) is 20.7. The Morgan fingerprint density at radius 3 is 1.27 bits per heavy atom. The molecule has 6 nitrogen and oxygen atoms in total. The molecular formula is C46H76N6. The van der Waals surface area contributed by atoms with Gasteiger partial charge in [-0.15, -0.1) is 0 Å². The summed E-state index contributed by atoms with van der Waals surface area (Å²) in [6.45, 7) is 24.4. The van der Waals surface area contributed by atoms with Crippen molar-refractivity contribution in [3.8, 4) is 22.3 Å². The summed E-state index contributed by atoms with van der Waals surface area (Å²) in [5.74, 6) is 1.51. The van der Waals surface area contributed by atoms with E-state index in [1.807, 2.05) is 0 Å². The lowest BCUT2D eigenvalue weighted by molar-refractivity contribution is 0.486. The third-order valence-electron chi connectivity index (χ3n) is 10.5. The number of benzene rings is 3. The van der Waals surface area contributed by atoms with Crippen LogP contribution >= 0.6 is 0 Å². The van der Waals surface area contributed by atoms with Crippen molar-refractivity contribution in [2.24, 2.45) is 23.3 Å². The molecule has 0 heterocycles. The Labute approximate surface area is 319 Å². The third kappa shape index (κ3) is 17.0. The van der Waals surface area contributed by atoms with Crippen LogP contribution in [0.3, 0.4) is 0 Å². The number of rotatable bonds is 26. The van der Waals surface area contributed by atoms with Crippen molar-refractivity contribution in [2.45, 2.75) is 117 Å². The lowest BCUT2D eigenvalue weighted by Gasteiger charge is -2.22. The third-order valence-corrected chi connectivity index (χ3v) is 10.5. The monoisotopic (exact) mass is 713 g/mol. The minimum Gasteiger partial charge on any atom is -0.327 e. The molecule has 4 unspecified atom stereocenters. The van der Waals surface area contributed by atoms with E-state index < -0.39 is 0 Å². The van der Waals surface area contributed by atoms with E-state index >= 15 is 0 Å². The average Bonchev–Trinajstić information content (AvgIpc) is 3.13. The number of nitrogens with one attached hydrogen (secondary N) is 4. The van der Waals surface area contributed by atoms with Crippen molar-refractivity contribution in [3.05, 3.63) is 83.4 Å². The molecule has 0 aromatic heterocycles. The van der Waals surface area contributed by atoms with Gasteiger partial charge in [0.15, 0.2) is 0 Å². The molecule has 290 valence electrons. The molecule has 3 aromatic rings. The van der Waals surface area contributed by atoms with Gasteiger partial charge in [-0.3, -0.25) is 0 Å².